The van der Waals surface area contributed by atoms with Crippen LogP contribution in [0.25, 0.3) is 0 Å². The lowest BCUT2D eigenvalue weighted by atomic mass is 9.90. The Bertz CT molecular complexity index is 411. The molecule has 0 saturated carbocycles. The summed E-state index contributed by atoms with van der Waals surface area (Å²) >= 11 is 0. The van der Waals surface area contributed by atoms with Crippen LogP contribution < -0.4 is 10.6 Å². The van der Waals surface area contributed by atoms with Crippen LogP contribution in [0.4, 0.5) is 0 Å². The Balaban J connectivity index is 1.99. The normalized spacial score (nSPS) is 19.1. The average molecular weight is 260 g/mol. The molecule has 2 N–H and O–H groups in total. The number of nitrogens with one attached hydrogen (secondary N) is 2. The van der Waals surface area contributed by atoms with Gasteiger partial charge >= 0.3 is 0 Å². The number of amides is 1. The monoisotopic (exact) mass is 260 g/mol. The summed E-state index contributed by atoms with van der Waals surface area (Å²) in [7, 11) is 0. The van der Waals surface area contributed by atoms with Crippen molar-refractivity contribution in [2.75, 3.05) is 19.6 Å². The van der Waals surface area contributed by atoms with E-state index in [9.17, 15) is 4.79 Å². The average Bonchev–Trinajstić information content (AvgIpc) is 2.48. The third-order valence-electron chi connectivity index (χ3n) is 3.73. The molecule has 0 bridgehead atoms. The first-order valence-corrected chi connectivity index (χ1v) is 7.40. The molecule has 1 atom stereocenters. The third kappa shape index (κ3) is 4.06. The number of hydrogen-bond acceptors (Lipinski definition) is 2. The fraction of sp³-hybridized carbons (Fsp3) is 0.562. The van der Waals surface area contributed by atoms with Crippen LogP contribution in [0.5, 0.6) is 0 Å². The predicted octanol–water partition coefficient (Wildman–Crippen LogP) is 2.68. The van der Waals surface area contributed by atoms with Crippen molar-refractivity contribution >= 4 is 5.91 Å². The summed E-state index contributed by atoms with van der Waals surface area (Å²) in [6, 6.07) is 8.10. The van der Waals surface area contributed by atoms with Gasteiger partial charge in [-0.2, -0.15) is 0 Å². The van der Waals surface area contributed by atoms with E-state index in [1.54, 1.807) is 0 Å². The van der Waals surface area contributed by atoms with Gasteiger partial charge in [-0.1, -0.05) is 25.5 Å². The lowest BCUT2D eigenvalue weighted by Crippen LogP contribution is -2.29. The largest absolute Gasteiger partial charge is 0.352 e. The highest BCUT2D eigenvalue weighted by molar-refractivity contribution is 5.94. The summed E-state index contributed by atoms with van der Waals surface area (Å²) in [5.41, 5.74) is 2.08. The summed E-state index contributed by atoms with van der Waals surface area (Å²) in [5, 5.41) is 6.40. The van der Waals surface area contributed by atoms with Crippen molar-refractivity contribution in [3.8, 4) is 0 Å². The van der Waals surface area contributed by atoms with Crippen molar-refractivity contribution in [3.05, 3.63) is 35.4 Å². The van der Waals surface area contributed by atoms with E-state index in [1.807, 2.05) is 12.1 Å². The highest BCUT2D eigenvalue weighted by atomic mass is 16.1. The summed E-state index contributed by atoms with van der Waals surface area (Å²) in [6.07, 6.45) is 4.58. The van der Waals surface area contributed by atoms with E-state index in [2.05, 4.69) is 29.7 Å². The minimum atomic E-state index is 0.0547. The molecule has 1 aliphatic heterocycles. The molecule has 1 fully saturated rings. The van der Waals surface area contributed by atoms with Gasteiger partial charge in [0.15, 0.2) is 0 Å². The van der Waals surface area contributed by atoms with Crippen LogP contribution in [-0.4, -0.2) is 25.5 Å². The molecule has 1 aliphatic rings. The number of unbranched alkanes of at least 4 members (excludes halogenated alkanes) is 1. The highest BCUT2D eigenvalue weighted by Gasteiger charge is 2.16. The highest BCUT2D eigenvalue weighted by Crippen LogP contribution is 2.23. The number of carbonyl (C=O) groups excluding carboxylic acids is 1. The minimum Gasteiger partial charge on any atom is -0.352 e. The molecule has 0 spiro atoms. The zero-order valence-electron chi connectivity index (χ0n) is 11.7. The molecule has 1 aromatic rings. The summed E-state index contributed by atoms with van der Waals surface area (Å²) in [5.74, 6) is 0.608. The smallest absolute Gasteiger partial charge is 0.251 e. The lowest BCUT2D eigenvalue weighted by Gasteiger charge is -2.23. The maximum Gasteiger partial charge on any atom is 0.251 e. The van der Waals surface area contributed by atoms with Gasteiger partial charge < -0.3 is 10.6 Å². The second kappa shape index (κ2) is 7.29. The van der Waals surface area contributed by atoms with Crippen LogP contribution in [0.15, 0.2) is 24.3 Å². The van der Waals surface area contributed by atoms with Crippen LogP contribution in [0, 0.1) is 0 Å². The number of hydrogen-bond donors (Lipinski definition) is 2. The van der Waals surface area contributed by atoms with E-state index >= 15 is 0 Å². The summed E-state index contributed by atoms with van der Waals surface area (Å²) in [6.45, 7) is 5.04. The van der Waals surface area contributed by atoms with E-state index < -0.39 is 0 Å². The summed E-state index contributed by atoms with van der Waals surface area (Å²) in [4.78, 5) is 12.0. The van der Waals surface area contributed by atoms with E-state index in [1.165, 1.54) is 18.4 Å². The van der Waals surface area contributed by atoms with Crippen molar-refractivity contribution in [3.63, 3.8) is 0 Å². The molecule has 1 saturated heterocycles. The van der Waals surface area contributed by atoms with Gasteiger partial charge in [0.25, 0.3) is 5.91 Å². The Morgan fingerprint density at radius 1 is 1.47 bits per heavy atom. The minimum absolute atomic E-state index is 0.0547. The van der Waals surface area contributed by atoms with Gasteiger partial charge in [-0.3, -0.25) is 4.79 Å². The Morgan fingerprint density at radius 3 is 3.11 bits per heavy atom. The molecular weight excluding hydrogens is 236 g/mol. The van der Waals surface area contributed by atoms with Crippen LogP contribution in [0.1, 0.15) is 54.4 Å². The molecule has 3 nitrogen and oxygen atoms in total. The molecule has 0 aliphatic carbocycles. The first-order valence-electron chi connectivity index (χ1n) is 7.40. The molecule has 1 heterocycles. The summed E-state index contributed by atoms with van der Waals surface area (Å²) < 4.78 is 0. The molecular formula is C16H24N2O. The Labute approximate surface area is 115 Å². The van der Waals surface area contributed by atoms with Crippen molar-refractivity contribution in [2.24, 2.45) is 0 Å². The van der Waals surface area contributed by atoms with Gasteiger partial charge in [-0.15, -0.1) is 0 Å². The van der Waals surface area contributed by atoms with Gasteiger partial charge in [0, 0.05) is 18.7 Å². The Morgan fingerprint density at radius 2 is 2.37 bits per heavy atom. The standard InChI is InChI=1S/C16H24N2O/c1-2-3-10-18-16(19)14-7-4-6-13(11-14)15-8-5-9-17-12-15/h4,6-7,11,15,17H,2-3,5,8-10,12H2,1H3,(H,18,19). The van der Waals surface area contributed by atoms with Gasteiger partial charge in [-0.25, -0.2) is 0 Å². The maximum atomic E-state index is 12.0. The van der Waals surface area contributed by atoms with Crippen molar-refractivity contribution in [2.45, 2.75) is 38.5 Å². The second-order valence-corrected chi connectivity index (χ2v) is 5.28. The predicted molar refractivity (Wildman–Crippen MR) is 78.5 cm³/mol. The fourth-order valence-electron chi connectivity index (χ4n) is 2.55. The fourth-order valence-corrected chi connectivity index (χ4v) is 2.55. The number of rotatable bonds is 5. The molecule has 1 aromatic carbocycles. The molecule has 3 heteroatoms. The van der Waals surface area contributed by atoms with Crippen LogP contribution in [0.3, 0.4) is 0 Å². The topological polar surface area (TPSA) is 41.1 Å². The Kier molecular flexibility index (Phi) is 5.40. The van der Waals surface area contributed by atoms with E-state index in [4.69, 9.17) is 0 Å². The van der Waals surface area contributed by atoms with Gasteiger partial charge in [-0.05, 0) is 49.4 Å². The van der Waals surface area contributed by atoms with Gasteiger partial charge in [0.2, 0.25) is 0 Å². The van der Waals surface area contributed by atoms with Crippen LogP contribution in [0.2, 0.25) is 0 Å². The molecule has 1 unspecified atom stereocenters. The van der Waals surface area contributed by atoms with Crippen molar-refractivity contribution in [1.29, 1.82) is 0 Å². The third-order valence-corrected chi connectivity index (χ3v) is 3.73. The molecule has 2 rings (SSSR count). The Hall–Kier alpha value is -1.35. The molecule has 1 amide bonds. The molecule has 104 valence electrons. The number of benzene rings is 1. The maximum absolute atomic E-state index is 12.0. The zero-order chi connectivity index (χ0) is 13.5. The van der Waals surface area contributed by atoms with Crippen molar-refractivity contribution in [1.82, 2.24) is 10.6 Å². The zero-order valence-corrected chi connectivity index (χ0v) is 11.7. The first kappa shape index (κ1) is 14.1. The number of carbonyl (C=O) groups is 1. The molecule has 0 aromatic heterocycles. The second-order valence-electron chi connectivity index (χ2n) is 5.28. The van der Waals surface area contributed by atoms with Gasteiger partial charge in [0.1, 0.15) is 0 Å². The van der Waals surface area contributed by atoms with Gasteiger partial charge in [0.05, 0.1) is 0 Å². The van der Waals surface area contributed by atoms with E-state index in [0.29, 0.717) is 5.92 Å². The molecule has 19 heavy (non-hydrogen) atoms. The number of piperidine rings is 1. The van der Waals surface area contributed by atoms with E-state index in [0.717, 1.165) is 38.0 Å². The van der Waals surface area contributed by atoms with Crippen molar-refractivity contribution < 1.29 is 4.79 Å². The lowest BCUT2D eigenvalue weighted by molar-refractivity contribution is 0.0953. The SMILES string of the molecule is CCCCNC(=O)c1cccc(C2CCCNC2)c1. The molecule has 0 radical (unpaired) electrons. The first-order chi connectivity index (χ1) is 9.31. The van der Waals surface area contributed by atoms with Crippen LogP contribution in [-0.2, 0) is 0 Å². The quantitative estimate of drug-likeness (QED) is 0.799. The van der Waals surface area contributed by atoms with E-state index in [-0.39, 0.29) is 5.91 Å². The van der Waals surface area contributed by atoms with Crippen LogP contribution >= 0.6 is 0 Å².